The molecule has 8 nitrogen and oxygen atoms in total. The average Bonchev–Trinajstić information content (AvgIpc) is 3.25. The maximum Gasteiger partial charge on any atom is 0.173 e. The van der Waals surface area contributed by atoms with Gasteiger partial charge in [-0.1, -0.05) is 18.2 Å². The number of hydrazine groups is 1. The monoisotopic (exact) mass is 278 g/mol. The molecule has 0 spiro atoms. The number of rotatable bonds is 1. The molecule has 1 aromatic carbocycles. The first-order chi connectivity index (χ1) is 10.4. The van der Waals surface area contributed by atoms with Crippen molar-refractivity contribution in [3.05, 3.63) is 54.7 Å². The molecule has 8 heteroatoms. The molecule has 0 bridgehead atoms. The van der Waals surface area contributed by atoms with Gasteiger partial charge < -0.3 is 0 Å². The second-order valence-corrected chi connectivity index (χ2v) is 4.81. The average molecular weight is 278 g/mol. The minimum atomic E-state index is -0.116. The summed E-state index contributed by atoms with van der Waals surface area (Å²) >= 11 is 0. The third-order valence-corrected chi connectivity index (χ3v) is 3.71. The van der Waals surface area contributed by atoms with Gasteiger partial charge in [0.15, 0.2) is 12.0 Å². The largest absolute Gasteiger partial charge is 0.284 e. The van der Waals surface area contributed by atoms with Gasteiger partial charge in [0.05, 0.1) is 24.3 Å². The van der Waals surface area contributed by atoms with Crippen LogP contribution >= 0.6 is 0 Å². The van der Waals surface area contributed by atoms with Crippen LogP contribution in [0, 0.1) is 0 Å². The summed E-state index contributed by atoms with van der Waals surface area (Å²) in [5.74, 6) is 0.937. The van der Waals surface area contributed by atoms with Gasteiger partial charge in [-0.05, 0) is 11.3 Å². The fraction of sp³-hybridized carbons (Fsp3) is 0.0769. The summed E-state index contributed by atoms with van der Waals surface area (Å²) in [4.78, 5) is 10.5. The van der Waals surface area contributed by atoms with Crippen LogP contribution in [-0.2, 0) is 0 Å². The SMILES string of the molecule is C1=NC2c3ccccc3-n3cncc3N2N1n1ccnn1. The number of hydrogen-bond acceptors (Lipinski definition) is 6. The summed E-state index contributed by atoms with van der Waals surface area (Å²) in [5.41, 5.74) is 2.23. The van der Waals surface area contributed by atoms with Crippen LogP contribution in [0.3, 0.4) is 0 Å². The fourth-order valence-electron chi connectivity index (χ4n) is 2.83. The Morgan fingerprint density at radius 1 is 1.14 bits per heavy atom. The van der Waals surface area contributed by atoms with E-state index in [9.17, 15) is 0 Å². The highest BCUT2D eigenvalue weighted by Crippen LogP contribution is 2.40. The van der Waals surface area contributed by atoms with Gasteiger partial charge in [-0.3, -0.25) is 4.57 Å². The third-order valence-electron chi connectivity index (χ3n) is 3.71. The van der Waals surface area contributed by atoms with E-state index in [-0.39, 0.29) is 6.17 Å². The Hall–Kier alpha value is -3.16. The molecule has 3 aromatic rings. The topological polar surface area (TPSA) is 67.4 Å². The highest BCUT2D eigenvalue weighted by atomic mass is 15.9. The molecular weight excluding hydrogens is 268 g/mol. The van der Waals surface area contributed by atoms with Crippen LogP contribution in [0.15, 0.2) is 54.2 Å². The van der Waals surface area contributed by atoms with Gasteiger partial charge in [0.2, 0.25) is 0 Å². The van der Waals surface area contributed by atoms with Gasteiger partial charge in [-0.15, -0.1) is 9.89 Å². The van der Waals surface area contributed by atoms with Gasteiger partial charge >= 0.3 is 0 Å². The second kappa shape index (κ2) is 3.69. The molecule has 5 rings (SSSR count). The van der Waals surface area contributed by atoms with Crippen molar-refractivity contribution >= 4 is 12.2 Å². The maximum absolute atomic E-state index is 4.61. The molecule has 102 valence electrons. The summed E-state index contributed by atoms with van der Waals surface area (Å²) < 4.78 is 2.05. The molecule has 2 aromatic heterocycles. The van der Waals surface area contributed by atoms with Crippen molar-refractivity contribution in [3.63, 3.8) is 0 Å². The summed E-state index contributed by atoms with van der Waals surface area (Å²) in [5, 5.41) is 11.7. The minimum absolute atomic E-state index is 0.116. The Morgan fingerprint density at radius 2 is 2.10 bits per heavy atom. The van der Waals surface area contributed by atoms with E-state index in [0.29, 0.717) is 0 Å². The number of nitrogens with zero attached hydrogens (tertiary/aromatic N) is 8. The van der Waals surface area contributed by atoms with Gasteiger partial charge in [-0.25, -0.2) is 15.0 Å². The molecule has 21 heavy (non-hydrogen) atoms. The van der Waals surface area contributed by atoms with Crippen LogP contribution in [0.4, 0.5) is 5.82 Å². The second-order valence-electron chi connectivity index (χ2n) is 4.81. The molecule has 1 atom stereocenters. The fourth-order valence-corrected chi connectivity index (χ4v) is 2.83. The minimum Gasteiger partial charge on any atom is -0.284 e. The van der Waals surface area contributed by atoms with Crippen molar-refractivity contribution in [2.24, 2.45) is 4.99 Å². The van der Waals surface area contributed by atoms with Gasteiger partial charge in [0, 0.05) is 5.56 Å². The number of hydrogen-bond donors (Lipinski definition) is 0. The number of anilines is 1. The number of aliphatic imine (C=N–C) groups is 1. The number of imidazole rings is 1. The summed E-state index contributed by atoms with van der Waals surface area (Å²) in [7, 11) is 0. The molecule has 0 amide bonds. The lowest BCUT2D eigenvalue weighted by molar-refractivity contribution is 0.541. The van der Waals surface area contributed by atoms with Crippen molar-refractivity contribution in [2.45, 2.75) is 6.17 Å². The van der Waals surface area contributed by atoms with Gasteiger partial charge in [-0.2, -0.15) is 5.12 Å². The van der Waals surface area contributed by atoms with Crippen LogP contribution < -0.4 is 10.1 Å². The molecule has 0 fully saturated rings. The molecular formula is C13H10N8. The molecule has 1 unspecified atom stereocenters. The highest BCUT2D eigenvalue weighted by Gasteiger charge is 2.38. The number of para-hydroxylation sites is 1. The molecule has 4 heterocycles. The Balaban J connectivity index is 1.73. The zero-order valence-corrected chi connectivity index (χ0v) is 10.9. The quantitative estimate of drug-likeness (QED) is 0.661. The zero-order valence-electron chi connectivity index (χ0n) is 10.9. The number of benzene rings is 1. The molecule has 0 N–H and O–H groups in total. The summed E-state index contributed by atoms with van der Waals surface area (Å²) in [6, 6.07) is 8.20. The molecule has 2 aliphatic rings. The first-order valence-electron chi connectivity index (χ1n) is 6.53. The normalized spacial score (nSPS) is 18.6. The van der Waals surface area contributed by atoms with Gasteiger partial charge in [0.1, 0.15) is 12.7 Å². The van der Waals surface area contributed by atoms with E-state index in [4.69, 9.17) is 0 Å². The van der Waals surface area contributed by atoms with E-state index in [1.54, 1.807) is 23.5 Å². The van der Waals surface area contributed by atoms with Crippen molar-refractivity contribution in [3.8, 4) is 5.69 Å². The Bertz CT molecular complexity index is 833. The van der Waals surface area contributed by atoms with E-state index in [0.717, 1.165) is 17.1 Å². The van der Waals surface area contributed by atoms with Gasteiger partial charge in [0.25, 0.3) is 0 Å². The van der Waals surface area contributed by atoms with Crippen LogP contribution in [0.25, 0.3) is 5.69 Å². The maximum atomic E-state index is 4.61. The molecule has 0 saturated heterocycles. The van der Waals surface area contributed by atoms with Crippen molar-refractivity contribution < 1.29 is 0 Å². The van der Waals surface area contributed by atoms with Crippen LogP contribution in [0.1, 0.15) is 11.7 Å². The first kappa shape index (κ1) is 10.6. The van der Waals surface area contributed by atoms with Crippen molar-refractivity contribution in [1.82, 2.24) is 24.7 Å². The Labute approximate surface area is 119 Å². The number of fused-ring (bicyclic) bond motifs is 6. The number of aromatic nitrogens is 5. The van der Waals surface area contributed by atoms with Crippen LogP contribution in [0.2, 0.25) is 0 Å². The Kier molecular flexibility index (Phi) is 1.86. The van der Waals surface area contributed by atoms with E-state index < -0.39 is 0 Å². The van der Waals surface area contributed by atoms with E-state index >= 15 is 0 Å². The van der Waals surface area contributed by atoms with E-state index in [1.807, 2.05) is 39.4 Å². The summed E-state index contributed by atoms with van der Waals surface area (Å²) in [6.45, 7) is 0. The highest BCUT2D eigenvalue weighted by molar-refractivity contribution is 5.78. The van der Waals surface area contributed by atoms with Crippen molar-refractivity contribution in [2.75, 3.05) is 10.1 Å². The summed E-state index contributed by atoms with van der Waals surface area (Å²) in [6.07, 6.45) is 8.67. The standard InChI is InChI=1S/C13H10N8/c1-2-4-11-10(3-1)13-15-9-20(19-6-5-16-17-19)21(13)12-7-14-8-18(11)12/h1-9,13H. The van der Waals surface area contributed by atoms with Crippen molar-refractivity contribution in [1.29, 1.82) is 0 Å². The molecule has 0 radical (unpaired) electrons. The smallest absolute Gasteiger partial charge is 0.173 e. The zero-order chi connectivity index (χ0) is 13.8. The lowest BCUT2D eigenvalue weighted by atomic mass is 10.1. The molecule has 0 saturated carbocycles. The lowest BCUT2D eigenvalue weighted by Gasteiger charge is -2.36. The van der Waals surface area contributed by atoms with E-state index in [1.165, 1.54) is 0 Å². The Morgan fingerprint density at radius 3 is 3.00 bits per heavy atom. The predicted octanol–water partition coefficient (Wildman–Crippen LogP) is 0.877. The lowest BCUT2D eigenvalue weighted by Crippen LogP contribution is -2.49. The first-order valence-corrected chi connectivity index (χ1v) is 6.53. The predicted molar refractivity (Wildman–Crippen MR) is 75.5 cm³/mol. The van der Waals surface area contributed by atoms with E-state index in [2.05, 4.69) is 32.4 Å². The molecule has 0 aliphatic carbocycles. The third kappa shape index (κ3) is 1.28. The van der Waals surface area contributed by atoms with Crippen LogP contribution in [-0.4, -0.2) is 31.0 Å². The van der Waals surface area contributed by atoms with Crippen LogP contribution in [0.5, 0.6) is 0 Å². The molecule has 2 aliphatic heterocycles.